The van der Waals surface area contributed by atoms with Gasteiger partial charge in [0.15, 0.2) is 0 Å². The predicted octanol–water partition coefficient (Wildman–Crippen LogP) is 1.64. The van der Waals surface area contributed by atoms with Gasteiger partial charge in [-0.2, -0.15) is 0 Å². The van der Waals surface area contributed by atoms with Gasteiger partial charge in [0.2, 0.25) is 0 Å². The van der Waals surface area contributed by atoms with Crippen molar-refractivity contribution in [3.05, 3.63) is 23.8 Å². The molecule has 1 atom stereocenters. The van der Waals surface area contributed by atoms with Crippen molar-refractivity contribution in [2.45, 2.75) is 33.1 Å². The second-order valence-corrected chi connectivity index (χ2v) is 5.68. The summed E-state index contributed by atoms with van der Waals surface area (Å²) in [7, 11) is 0. The van der Waals surface area contributed by atoms with Crippen molar-refractivity contribution in [2.24, 2.45) is 5.92 Å². The maximum Gasteiger partial charge on any atom is 0.254 e. The molecule has 1 saturated heterocycles. The predicted molar refractivity (Wildman–Crippen MR) is 86.3 cm³/mol. The maximum atomic E-state index is 12.2. The Morgan fingerprint density at radius 3 is 3.14 bits per heavy atom. The second-order valence-electron chi connectivity index (χ2n) is 5.68. The van der Waals surface area contributed by atoms with Crippen LogP contribution in [0.2, 0.25) is 0 Å². The zero-order valence-electron chi connectivity index (χ0n) is 13.4. The third-order valence-corrected chi connectivity index (χ3v) is 3.91. The highest BCUT2D eigenvalue weighted by Crippen LogP contribution is 2.15. The van der Waals surface area contributed by atoms with Crippen LogP contribution in [0.4, 0.5) is 0 Å². The van der Waals surface area contributed by atoms with E-state index in [1.54, 1.807) is 6.20 Å². The average molecular weight is 300 g/mol. The first-order chi connectivity index (χ1) is 10.7. The zero-order chi connectivity index (χ0) is 15.8. The third-order valence-electron chi connectivity index (χ3n) is 3.91. The van der Waals surface area contributed by atoms with Gasteiger partial charge in [0.25, 0.3) is 5.91 Å². The van der Waals surface area contributed by atoms with Crippen molar-refractivity contribution in [1.29, 1.82) is 0 Å². The Morgan fingerprint density at radius 2 is 2.36 bits per heavy atom. The number of carbonyl (C=O) groups is 1. The van der Waals surface area contributed by atoms with Gasteiger partial charge in [-0.05, 0) is 32.2 Å². The number of hydrogen-bond acceptors (Lipinski definition) is 4. The lowest BCUT2D eigenvalue weighted by atomic mass is 9.98. The van der Waals surface area contributed by atoms with Crippen LogP contribution in [0.3, 0.4) is 0 Å². The van der Waals surface area contributed by atoms with Crippen molar-refractivity contribution in [2.75, 3.05) is 26.2 Å². The topological polar surface area (TPSA) is 58.1 Å². The lowest BCUT2D eigenvalue weighted by molar-refractivity contribution is 0.0933. The Hall–Kier alpha value is -1.93. The largest absolute Gasteiger partial charge is 0.352 e. The van der Waals surface area contributed by atoms with E-state index in [1.165, 1.54) is 12.7 Å². The summed E-state index contributed by atoms with van der Waals surface area (Å²) in [4.78, 5) is 22.5. The van der Waals surface area contributed by atoms with Crippen LogP contribution < -0.4 is 5.32 Å². The summed E-state index contributed by atoms with van der Waals surface area (Å²) < 4.78 is 0. The van der Waals surface area contributed by atoms with Gasteiger partial charge in [-0.1, -0.05) is 12.8 Å². The van der Waals surface area contributed by atoms with Crippen LogP contribution >= 0.6 is 0 Å². The Labute approximate surface area is 132 Å². The van der Waals surface area contributed by atoms with Crippen LogP contribution in [0, 0.1) is 24.7 Å². The minimum absolute atomic E-state index is 0.0824. The average Bonchev–Trinajstić information content (AvgIpc) is 2.54. The molecule has 5 heteroatoms. The summed E-state index contributed by atoms with van der Waals surface area (Å²) in [5.41, 5.74) is 1.27. The summed E-state index contributed by atoms with van der Waals surface area (Å²) in [6.07, 6.45) is 6.27. The van der Waals surface area contributed by atoms with Crippen LogP contribution in [0.15, 0.2) is 12.5 Å². The number of likely N-dealkylation sites (tertiary alicyclic amines) is 1. The fraction of sp³-hybridized carbons (Fsp3) is 0.588. The van der Waals surface area contributed by atoms with Crippen LogP contribution in [0.5, 0.6) is 0 Å². The number of aryl methyl sites for hydroxylation is 1. The highest BCUT2D eigenvalue weighted by molar-refractivity contribution is 5.94. The number of nitrogens with zero attached hydrogens (tertiary/aromatic N) is 3. The molecule has 1 aliphatic heterocycles. The minimum Gasteiger partial charge on any atom is -0.352 e. The SMILES string of the molecule is CCC#CCN1CCCC(CNC(=O)c2cncnc2C)C1. The first-order valence-corrected chi connectivity index (χ1v) is 7.93. The van der Waals surface area contributed by atoms with E-state index in [-0.39, 0.29) is 5.91 Å². The second kappa shape index (κ2) is 8.50. The van der Waals surface area contributed by atoms with E-state index in [1.807, 2.05) is 6.92 Å². The van der Waals surface area contributed by atoms with E-state index in [9.17, 15) is 4.79 Å². The molecule has 0 aliphatic carbocycles. The van der Waals surface area contributed by atoms with E-state index < -0.39 is 0 Å². The van der Waals surface area contributed by atoms with E-state index in [2.05, 4.69) is 38.9 Å². The normalized spacial score (nSPS) is 18.4. The number of nitrogens with one attached hydrogen (secondary N) is 1. The molecule has 1 aromatic rings. The molecule has 2 rings (SSSR count). The van der Waals surface area contributed by atoms with Crippen molar-refractivity contribution in [3.8, 4) is 11.8 Å². The molecule has 22 heavy (non-hydrogen) atoms. The summed E-state index contributed by atoms with van der Waals surface area (Å²) in [6, 6.07) is 0. The van der Waals surface area contributed by atoms with Gasteiger partial charge < -0.3 is 5.32 Å². The molecule has 1 fully saturated rings. The molecule has 1 aromatic heterocycles. The molecule has 1 amide bonds. The summed E-state index contributed by atoms with van der Waals surface area (Å²) in [5.74, 6) is 6.72. The monoisotopic (exact) mass is 300 g/mol. The third kappa shape index (κ3) is 4.81. The Balaban J connectivity index is 1.81. The fourth-order valence-corrected chi connectivity index (χ4v) is 2.70. The van der Waals surface area contributed by atoms with Crippen LogP contribution in [-0.4, -0.2) is 47.0 Å². The molecule has 118 valence electrons. The molecule has 1 N–H and O–H groups in total. The van der Waals surface area contributed by atoms with E-state index in [0.29, 0.717) is 23.7 Å². The number of piperidine rings is 1. The Kier molecular flexibility index (Phi) is 6.35. The lowest BCUT2D eigenvalue weighted by Crippen LogP contribution is -2.41. The van der Waals surface area contributed by atoms with Gasteiger partial charge in [-0.3, -0.25) is 9.69 Å². The van der Waals surface area contributed by atoms with Crippen molar-refractivity contribution < 1.29 is 4.79 Å². The molecule has 0 aromatic carbocycles. The van der Waals surface area contributed by atoms with Gasteiger partial charge in [0, 0.05) is 25.7 Å². The van der Waals surface area contributed by atoms with Gasteiger partial charge in [0.1, 0.15) is 6.33 Å². The molecular formula is C17H24N4O. The number of amides is 1. The molecule has 1 aliphatic rings. The maximum absolute atomic E-state index is 12.2. The standard InChI is InChI=1S/C17H24N4O/c1-3-4-5-8-21-9-6-7-15(12-21)10-19-17(22)16-11-18-13-20-14(16)2/h11,13,15H,3,6-10,12H2,1-2H3,(H,19,22). The van der Waals surface area contributed by atoms with Crippen LogP contribution in [-0.2, 0) is 0 Å². The van der Waals surface area contributed by atoms with Crippen molar-refractivity contribution in [1.82, 2.24) is 20.2 Å². The molecule has 0 saturated carbocycles. The number of hydrogen-bond donors (Lipinski definition) is 1. The number of rotatable bonds is 4. The van der Waals surface area contributed by atoms with E-state index in [0.717, 1.165) is 32.5 Å². The Bertz CT molecular complexity index is 561. The fourth-order valence-electron chi connectivity index (χ4n) is 2.70. The molecule has 2 heterocycles. The summed E-state index contributed by atoms with van der Waals surface area (Å²) in [5, 5.41) is 3.02. The summed E-state index contributed by atoms with van der Waals surface area (Å²) in [6.45, 7) is 7.54. The van der Waals surface area contributed by atoms with Crippen LogP contribution in [0.1, 0.15) is 42.2 Å². The molecule has 0 spiro atoms. The van der Waals surface area contributed by atoms with Crippen molar-refractivity contribution >= 4 is 5.91 Å². The van der Waals surface area contributed by atoms with Gasteiger partial charge >= 0.3 is 0 Å². The zero-order valence-corrected chi connectivity index (χ0v) is 13.4. The first kappa shape index (κ1) is 16.4. The van der Waals surface area contributed by atoms with Gasteiger partial charge in [0.05, 0.1) is 17.8 Å². The van der Waals surface area contributed by atoms with Gasteiger partial charge in [-0.25, -0.2) is 9.97 Å². The highest BCUT2D eigenvalue weighted by atomic mass is 16.1. The molecule has 5 nitrogen and oxygen atoms in total. The first-order valence-electron chi connectivity index (χ1n) is 7.93. The molecule has 0 bridgehead atoms. The van der Waals surface area contributed by atoms with Gasteiger partial charge in [-0.15, -0.1) is 5.92 Å². The van der Waals surface area contributed by atoms with Crippen LogP contribution in [0.25, 0.3) is 0 Å². The number of aromatic nitrogens is 2. The minimum atomic E-state index is -0.0824. The lowest BCUT2D eigenvalue weighted by Gasteiger charge is -2.31. The smallest absolute Gasteiger partial charge is 0.254 e. The number of carbonyl (C=O) groups excluding carboxylic acids is 1. The molecule has 1 unspecified atom stereocenters. The van der Waals surface area contributed by atoms with E-state index in [4.69, 9.17) is 0 Å². The van der Waals surface area contributed by atoms with E-state index >= 15 is 0 Å². The molecular weight excluding hydrogens is 276 g/mol. The Morgan fingerprint density at radius 1 is 1.50 bits per heavy atom. The quantitative estimate of drug-likeness (QED) is 0.859. The molecule has 0 radical (unpaired) electrons. The summed E-state index contributed by atoms with van der Waals surface area (Å²) >= 11 is 0. The van der Waals surface area contributed by atoms with Crippen molar-refractivity contribution in [3.63, 3.8) is 0 Å². The highest BCUT2D eigenvalue weighted by Gasteiger charge is 2.20.